The Hall–Kier alpha value is -1.34. The van der Waals surface area contributed by atoms with E-state index in [1.165, 1.54) is 10.4 Å². The van der Waals surface area contributed by atoms with Crippen molar-refractivity contribution in [1.29, 1.82) is 5.26 Å². The molecule has 1 aromatic rings. The molecule has 1 aromatic heterocycles. The number of hydrogen-bond acceptors (Lipinski definition) is 3. The molecular weight excluding hydrogens is 208 g/mol. The molecule has 0 radical (unpaired) electrons. The molecule has 0 saturated heterocycles. The summed E-state index contributed by atoms with van der Waals surface area (Å²) in [5.74, 6) is -0.572. The summed E-state index contributed by atoms with van der Waals surface area (Å²) in [4.78, 5) is 12.1. The van der Waals surface area contributed by atoms with E-state index in [0.717, 1.165) is 0 Å². The summed E-state index contributed by atoms with van der Waals surface area (Å²) in [6, 6.07) is 3.61. The third-order valence-electron chi connectivity index (χ3n) is 2.27. The lowest BCUT2D eigenvalue weighted by Gasteiger charge is -2.24. The van der Waals surface area contributed by atoms with Gasteiger partial charge < -0.3 is 5.32 Å². The maximum absolute atomic E-state index is 10.8. The summed E-state index contributed by atoms with van der Waals surface area (Å²) < 4.78 is 0. The third-order valence-corrected chi connectivity index (χ3v) is 3.65. The molecule has 15 heavy (non-hydrogen) atoms. The van der Waals surface area contributed by atoms with Crippen molar-refractivity contribution in [3.8, 4) is 6.07 Å². The Morgan fingerprint density at radius 1 is 1.67 bits per heavy atom. The molecular formula is C11H14N2OS. The monoisotopic (exact) mass is 222 g/mol. The molecule has 0 spiro atoms. The number of nitrogens with zero attached hydrogens (tertiary/aromatic N) is 1. The highest BCUT2D eigenvalue weighted by atomic mass is 32.1. The Morgan fingerprint density at radius 3 is 2.80 bits per heavy atom. The first kappa shape index (κ1) is 11.7. The Balaban J connectivity index is 2.73. The SMILES string of the molecule is Cc1ccsc1C(C)(C)CNC(=O)C#N. The summed E-state index contributed by atoms with van der Waals surface area (Å²) in [6.45, 7) is 6.66. The number of amides is 1. The van der Waals surface area contributed by atoms with Gasteiger partial charge in [0, 0.05) is 16.8 Å². The average molecular weight is 222 g/mol. The van der Waals surface area contributed by atoms with Crippen LogP contribution in [0.5, 0.6) is 0 Å². The maximum Gasteiger partial charge on any atom is 0.322 e. The summed E-state index contributed by atoms with van der Waals surface area (Å²) in [6.07, 6.45) is 0. The van der Waals surface area contributed by atoms with Crippen LogP contribution in [0.25, 0.3) is 0 Å². The molecule has 0 aliphatic rings. The van der Waals surface area contributed by atoms with Gasteiger partial charge in [0.2, 0.25) is 0 Å². The topological polar surface area (TPSA) is 52.9 Å². The zero-order valence-electron chi connectivity index (χ0n) is 9.13. The van der Waals surface area contributed by atoms with E-state index in [0.29, 0.717) is 6.54 Å². The van der Waals surface area contributed by atoms with Gasteiger partial charge in [0.1, 0.15) is 0 Å². The van der Waals surface area contributed by atoms with Crippen LogP contribution in [-0.2, 0) is 10.2 Å². The largest absolute Gasteiger partial charge is 0.343 e. The van der Waals surface area contributed by atoms with Gasteiger partial charge in [-0.3, -0.25) is 4.79 Å². The molecule has 80 valence electrons. The van der Waals surface area contributed by atoms with Crippen molar-refractivity contribution >= 4 is 17.2 Å². The first-order valence-corrected chi connectivity index (χ1v) is 5.58. The lowest BCUT2D eigenvalue weighted by Crippen LogP contribution is -2.35. The van der Waals surface area contributed by atoms with Gasteiger partial charge in [0.25, 0.3) is 0 Å². The average Bonchev–Trinajstić information content (AvgIpc) is 2.61. The Labute approximate surface area is 93.7 Å². The molecule has 0 bridgehead atoms. The molecule has 0 fully saturated rings. The van der Waals surface area contributed by atoms with Crippen molar-refractivity contribution in [3.63, 3.8) is 0 Å². The number of carbonyl (C=O) groups is 1. The van der Waals surface area contributed by atoms with E-state index in [9.17, 15) is 4.79 Å². The van der Waals surface area contributed by atoms with Crippen LogP contribution in [0.3, 0.4) is 0 Å². The Kier molecular flexibility index (Phi) is 3.48. The van der Waals surface area contributed by atoms with Crippen molar-refractivity contribution in [2.75, 3.05) is 6.54 Å². The molecule has 3 nitrogen and oxygen atoms in total. The van der Waals surface area contributed by atoms with Gasteiger partial charge in [-0.15, -0.1) is 11.3 Å². The number of hydrogen-bond donors (Lipinski definition) is 1. The number of nitrogens with one attached hydrogen (secondary N) is 1. The highest BCUT2D eigenvalue weighted by molar-refractivity contribution is 7.10. The maximum atomic E-state index is 10.8. The van der Waals surface area contributed by atoms with E-state index in [-0.39, 0.29) is 5.41 Å². The second kappa shape index (κ2) is 4.45. The molecule has 4 heteroatoms. The van der Waals surface area contributed by atoms with Crippen molar-refractivity contribution < 1.29 is 4.79 Å². The molecule has 1 amide bonds. The van der Waals surface area contributed by atoms with Crippen LogP contribution in [-0.4, -0.2) is 12.5 Å². The fourth-order valence-corrected chi connectivity index (χ4v) is 2.54. The van der Waals surface area contributed by atoms with Gasteiger partial charge in [-0.25, -0.2) is 0 Å². The summed E-state index contributed by atoms with van der Waals surface area (Å²) in [5, 5.41) is 13.0. The van der Waals surface area contributed by atoms with Crippen LogP contribution in [0, 0.1) is 18.3 Å². The molecule has 1 heterocycles. The number of carbonyl (C=O) groups excluding carboxylic acids is 1. The van der Waals surface area contributed by atoms with Crippen LogP contribution in [0.15, 0.2) is 11.4 Å². The zero-order chi connectivity index (χ0) is 11.5. The quantitative estimate of drug-likeness (QED) is 0.795. The van der Waals surface area contributed by atoms with E-state index >= 15 is 0 Å². The summed E-state index contributed by atoms with van der Waals surface area (Å²) in [5.41, 5.74) is 1.11. The fourth-order valence-electron chi connectivity index (χ4n) is 1.49. The van der Waals surface area contributed by atoms with Gasteiger partial charge in [0.15, 0.2) is 6.07 Å². The standard InChI is InChI=1S/C11H14N2OS/c1-8-4-5-15-10(8)11(2,3)7-13-9(14)6-12/h4-5H,7H2,1-3H3,(H,13,14). The minimum absolute atomic E-state index is 0.120. The molecule has 0 aliphatic carbocycles. The number of rotatable bonds is 3. The van der Waals surface area contributed by atoms with E-state index in [2.05, 4.69) is 32.2 Å². The first-order valence-electron chi connectivity index (χ1n) is 4.70. The van der Waals surface area contributed by atoms with Crippen molar-refractivity contribution in [3.05, 3.63) is 21.9 Å². The van der Waals surface area contributed by atoms with Crippen LogP contribution in [0.2, 0.25) is 0 Å². The van der Waals surface area contributed by atoms with E-state index in [1.807, 2.05) is 5.38 Å². The second-order valence-corrected chi connectivity index (χ2v) is 5.03. The van der Waals surface area contributed by atoms with Crippen LogP contribution in [0.1, 0.15) is 24.3 Å². The molecule has 0 aromatic carbocycles. The van der Waals surface area contributed by atoms with E-state index in [1.54, 1.807) is 17.4 Å². The highest BCUT2D eigenvalue weighted by Crippen LogP contribution is 2.30. The Morgan fingerprint density at radius 2 is 2.33 bits per heavy atom. The zero-order valence-corrected chi connectivity index (χ0v) is 9.94. The predicted molar refractivity (Wildman–Crippen MR) is 60.7 cm³/mol. The Bertz CT molecular complexity index is 401. The number of nitriles is 1. The van der Waals surface area contributed by atoms with Gasteiger partial charge in [-0.2, -0.15) is 5.26 Å². The van der Waals surface area contributed by atoms with Gasteiger partial charge in [0.05, 0.1) is 0 Å². The molecule has 1 N–H and O–H groups in total. The fraction of sp³-hybridized carbons (Fsp3) is 0.455. The minimum Gasteiger partial charge on any atom is -0.343 e. The van der Waals surface area contributed by atoms with Crippen LogP contribution in [0.4, 0.5) is 0 Å². The third kappa shape index (κ3) is 2.80. The van der Waals surface area contributed by atoms with Crippen molar-refractivity contribution in [1.82, 2.24) is 5.32 Å². The van der Waals surface area contributed by atoms with Gasteiger partial charge in [-0.05, 0) is 23.9 Å². The van der Waals surface area contributed by atoms with Gasteiger partial charge >= 0.3 is 5.91 Å². The predicted octanol–water partition coefficient (Wildman–Crippen LogP) is 1.97. The van der Waals surface area contributed by atoms with Crippen LogP contribution >= 0.6 is 11.3 Å². The minimum atomic E-state index is -0.572. The highest BCUT2D eigenvalue weighted by Gasteiger charge is 2.24. The normalized spacial score (nSPS) is 10.8. The second-order valence-electron chi connectivity index (χ2n) is 4.11. The number of aryl methyl sites for hydroxylation is 1. The summed E-state index contributed by atoms with van der Waals surface area (Å²) >= 11 is 1.68. The first-order chi connectivity index (χ1) is 6.97. The lowest BCUT2D eigenvalue weighted by molar-refractivity contribution is -0.116. The van der Waals surface area contributed by atoms with Crippen molar-refractivity contribution in [2.45, 2.75) is 26.2 Å². The van der Waals surface area contributed by atoms with E-state index in [4.69, 9.17) is 5.26 Å². The smallest absolute Gasteiger partial charge is 0.322 e. The van der Waals surface area contributed by atoms with E-state index < -0.39 is 5.91 Å². The lowest BCUT2D eigenvalue weighted by atomic mass is 9.89. The molecule has 1 rings (SSSR count). The molecule has 0 atom stereocenters. The molecule has 0 aliphatic heterocycles. The van der Waals surface area contributed by atoms with Crippen molar-refractivity contribution in [2.24, 2.45) is 0 Å². The van der Waals surface area contributed by atoms with Gasteiger partial charge in [-0.1, -0.05) is 13.8 Å². The molecule has 0 unspecified atom stereocenters. The summed E-state index contributed by atoms with van der Waals surface area (Å²) in [7, 11) is 0. The molecule has 0 saturated carbocycles. The van der Waals surface area contributed by atoms with Crippen LogP contribution < -0.4 is 5.32 Å². The number of thiophene rings is 1.